The molecule has 8 heteroatoms. The summed E-state index contributed by atoms with van der Waals surface area (Å²) in [6.45, 7) is 0.476. The van der Waals surface area contributed by atoms with E-state index in [1.54, 1.807) is 30.9 Å². The number of aromatic amines is 1. The summed E-state index contributed by atoms with van der Waals surface area (Å²) in [4.78, 5) is 17.7. The number of anilines is 1. The van der Waals surface area contributed by atoms with Crippen LogP contribution in [0.25, 0.3) is 11.3 Å². The lowest BCUT2D eigenvalue weighted by Crippen LogP contribution is -2.16. The molecule has 0 bridgehead atoms. The second-order valence-corrected chi connectivity index (χ2v) is 4.72. The van der Waals surface area contributed by atoms with Gasteiger partial charge in [-0.05, 0) is 11.5 Å². The van der Waals surface area contributed by atoms with Crippen LogP contribution in [0.1, 0.15) is 4.88 Å². The van der Waals surface area contributed by atoms with Gasteiger partial charge in [0.1, 0.15) is 18.7 Å². The average Bonchev–Trinajstić information content (AvgIpc) is 2.63. The number of H-pyrrole nitrogens is 1. The van der Waals surface area contributed by atoms with Crippen molar-refractivity contribution in [3.8, 4) is 11.3 Å². The minimum Gasteiger partial charge on any atom is -0.480 e. The summed E-state index contributed by atoms with van der Waals surface area (Å²) in [6.07, 6.45) is 5.28. The van der Waals surface area contributed by atoms with E-state index in [9.17, 15) is 0 Å². The SMILES string of the molecule is COC1=NCNc2c3cnc[nH]c-3cn(OC)sc21. The molecule has 0 spiro atoms. The monoisotopic (exact) mass is 279 g/mol. The first-order chi connectivity index (χ1) is 9.33. The van der Waals surface area contributed by atoms with Crippen LogP contribution in [0.5, 0.6) is 0 Å². The number of rotatable bonds is 1. The smallest absolute Gasteiger partial charge is 0.231 e. The number of nitrogens with zero attached hydrogens (tertiary/aromatic N) is 3. The zero-order valence-corrected chi connectivity index (χ0v) is 11.3. The first-order valence-corrected chi connectivity index (χ1v) is 6.40. The Hall–Kier alpha value is -2.22. The van der Waals surface area contributed by atoms with Crippen LogP contribution in [0.15, 0.2) is 23.7 Å². The maximum atomic E-state index is 5.33. The van der Waals surface area contributed by atoms with Gasteiger partial charge in [0, 0.05) is 11.8 Å². The number of methoxy groups -OCH3 is 1. The van der Waals surface area contributed by atoms with E-state index in [4.69, 9.17) is 9.57 Å². The second kappa shape index (κ2) is 4.81. The average molecular weight is 279 g/mol. The van der Waals surface area contributed by atoms with Crippen LogP contribution in [0, 0.1) is 0 Å². The summed E-state index contributed by atoms with van der Waals surface area (Å²) < 4.78 is 6.97. The number of aromatic nitrogens is 3. The van der Waals surface area contributed by atoms with Gasteiger partial charge in [0.15, 0.2) is 0 Å². The normalized spacial score (nSPS) is 13.3. The van der Waals surface area contributed by atoms with Crippen LogP contribution in [-0.2, 0) is 4.74 Å². The fraction of sp³-hybridized carbons (Fsp3) is 0.273. The van der Waals surface area contributed by atoms with Crippen LogP contribution in [0.3, 0.4) is 0 Å². The molecule has 3 rings (SSSR count). The van der Waals surface area contributed by atoms with E-state index in [0.29, 0.717) is 12.6 Å². The quantitative estimate of drug-likeness (QED) is 0.826. The van der Waals surface area contributed by atoms with E-state index < -0.39 is 0 Å². The summed E-state index contributed by atoms with van der Waals surface area (Å²) in [6, 6.07) is 0. The minimum atomic E-state index is 0.476. The summed E-state index contributed by atoms with van der Waals surface area (Å²) >= 11 is 1.39. The van der Waals surface area contributed by atoms with E-state index in [1.165, 1.54) is 11.5 Å². The van der Waals surface area contributed by atoms with Crippen molar-refractivity contribution in [1.82, 2.24) is 14.1 Å². The number of fused-ring (bicyclic) bond motifs is 3. The van der Waals surface area contributed by atoms with Crippen molar-refractivity contribution in [3.05, 3.63) is 23.6 Å². The molecule has 7 nitrogen and oxygen atoms in total. The Labute approximate surface area is 113 Å². The summed E-state index contributed by atoms with van der Waals surface area (Å²) in [5.41, 5.74) is 2.79. The highest BCUT2D eigenvalue weighted by Crippen LogP contribution is 2.33. The van der Waals surface area contributed by atoms with E-state index in [0.717, 1.165) is 21.8 Å². The van der Waals surface area contributed by atoms with Gasteiger partial charge < -0.3 is 19.9 Å². The summed E-state index contributed by atoms with van der Waals surface area (Å²) in [5.74, 6) is 0.589. The Morgan fingerprint density at radius 3 is 3.11 bits per heavy atom. The molecule has 0 aromatic rings. The fourth-order valence-electron chi connectivity index (χ4n) is 1.89. The molecule has 3 aliphatic heterocycles. The predicted octanol–water partition coefficient (Wildman–Crippen LogP) is 1.34. The van der Waals surface area contributed by atoms with Crippen LogP contribution in [0.2, 0.25) is 0 Å². The van der Waals surface area contributed by atoms with Crippen LogP contribution < -0.4 is 10.2 Å². The van der Waals surface area contributed by atoms with Gasteiger partial charge >= 0.3 is 0 Å². The molecule has 0 aliphatic carbocycles. The van der Waals surface area contributed by atoms with Crippen LogP contribution in [-0.4, -0.2) is 40.9 Å². The third-order valence-corrected chi connectivity index (χ3v) is 3.74. The molecular weight excluding hydrogens is 266 g/mol. The molecule has 3 aliphatic rings. The van der Waals surface area contributed by atoms with Gasteiger partial charge in [0.25, 0.3) is 0 Å². The molecule has 3 heterocycles. The van der Waals surface area contributed by atoms with Gasteiger partial charge in [0.2, 0.25) is 5.90 Å². The number of hydrogen-bond donors (Lipinski definition) is 2. The van der Waals surface area contributed by atoms with Crippen LogP contribution in [0.4, 0.5) is 5.69 Å². The third kappa shape index (κ3) is 1.99. The Bertz CT molecular complexity index is 640. The van der Waals surface area contributed by atoms with E-state index in [2.05, 4.69) is 20.3 Å². The third-order valence-electron chi connectivity index (χ3n) is 2.75. The zero-order chi connectivity index (χ0) is 13.2. The topological polar surface area (TPSA) is 76.5 Å². The lowest BCUT2D eigenvalue weighted by Gasteiger charge is -2.16. The number of nitrogens with one attached hydrogen (secondary N) is 2. The first kappa shape index (κ1) is 11.8. The highest BCUT2D eigenvalue weighted by atomic mass is 32.1. The summed E-state index contributed by atoms with van der Waals surface area (Å²) in [7, 11) is 3.22. The Morgan fingerprint density at radius 1 is 1.42 bits per heavy atom. The standard InChI is InChI=1S/C11H13N5O2S/c1-17-11-10-9(14-6-15-11)7-3-12-5-13-8(7)4-16(18-2)19-10/h3-5,14H,6H2,1-2H3,(H,12,13). The van der Waals surface area contributed by atoms with Gasteiger partial charge in [-0.1, -0.05) is 0 Å². The van der Waals surface area contributed by atoms with Crippen molar-refractivity contribution in [2.45, 2.75) is 0 Å². The van der Waals surface area contributed by atoms with E-state index >= 15 is 0 Å². The molecule has 0 aromatic carbocycles. The lowest BCUT2D eigenvalue weighted by molar-refractivity contribution is 0.195. The number of hydrogen-bond acceptors (Lipinski definition) is 6. The van der Waals surface area contributed by atoms with Crippen molar-refractivity contribution in [2.24, 2.45) is 4.99 Å². The molecule has 0 saturated carbocycles. The van der Waals surface area contributed by atoms with Crippen molar-refractivity contribution < 1.29 is 9.57 Å². The highest BCUT2D eigenvalue weighted by Gasteiger charge is 2.21. The van der Waals surface area contributed by atoms with Crippen molar-refractivity contribution in [1.29, 1.82) is 0 Å². The fourth-order valence-corrected chi connectivity index (χ4v) is 2.80. The molecule has 0 aromatic heterocycles. The first-order valence-electron chi connectivity index (χ1n) is 5.62. The van der Waals surface area contributed by atoms with Crippen molar-refractivity contribution in [3.63, 3.8) is 0 Å². The predicted molar refractivity (Wildman–Crippen MR) is 73.2 cm³/mol. The van der Waals surface area contributed by atoms with Gasteiger partial charge in [-0.25, -0.2) is 9.98 Å². The minimum absolute atomic E-state index is 0.476. The van der Waals surface area contributed by atoms with Gasteiger partial charge in [-0.2, -0.15) is 0 Å². The molecular formula is C11H13N5O2S. The van der Waals surface area contributed by atoms with Crippen LogP contribution >= 0.6 is 11.5 Å². The Balaban J connectivity index is 2.35. The van der Waals surface area contributed by atoms with Crippen molar-refractivity contribution in [2.75, 3.05) is 26.2 Å². The van der Waals surface area contributed by atoms with Gasteiger partial charge in [-0.15, -0.1) is 4.12 Å². The molecule has 0 unspecified atom stereocenters. The van der Waals surface area contributed by atoms with E-state index in [-0.39, 0.29) is 0 Å². The largest absolute Gasteiger partial charge is 0.480 e. The maximum absolute atomic E-state index is 5.33. The number of aliphatic imine (C=N–C) groups is 1. The maximum Gasteiger partial charge on any atom is 0.231 e. The number of ether oxygens (including phenoxy) is 1. The molecule has 19 heavy (non-hydrogen) atoms. The highest BCUT2D eigenvalue weighted by molar-refractivity contribution is 7.08. The Morgan fingerprint density at radius 2 is 2.32 bits per heavy atom. The second-order valence-electron chi connectivity index (χ2n) is 3.77. The van der Waals surface area contributed by atoms with Crippen molar-refractivity contribution >= 4 is 23.1 Å². The molecule has 0 saturated heterocycles. The molecule has 0 radical (unpaired) electrons. The van der Waals surface area contributed by atoms with Gasteiger partial charge in [-0.3, -0.25) is 0 Å². The zero-order valence-electron chi connectivity index (χ0n) is 10.5. The molecule has 0 atom stereocenters. The molecule has 2 N–H and O–H groups in total. The molecule has 0 fully saturated rings. The lowest BCUT2D eigenvalue weighted by atomic mass is 10.1. The van der Waals surface area contributed by atoms with E-state index in [1.807, 2.05) is 6.20 Å². The molecule has 0 amide bonds. The summed E-state index contributed by atoms with van der Waals surface area (Å²) in [5, 5.41) is 3.26. The van der Waals surface area contributed by atoms with Gasteiger partial charge in [0.05, 0.1) is 31.0 Å². The Kier molecular flexibility index (Phi) is 3.00. The molecule has 100 valence electrons.